The highest BCUT2D eigenvalue weighted by molar-refractivity contribution is 6.87. The van der Waals surface area contributed by atoms with Crippen LogP contribution in [0.15, 0.2) is 187 Å². The highest BCUT2D eigenvalue weighted by atomic mass is 16.4. The molecule has 0 saturated heterocycles. The maximum atomic E-state index is 7.20. The summed E-state index contributed by atoms with van der Waals surface area (Å²) in [5.74, 6) is 0.874. The number of anilines is 3. The van der Waals surface area contributed by atoms with Crippen LogP contribution in [0.3, 0.4) is 0 Å². The highest BCUT2D eigenvalue weighted by Gasteiger charge is 2.45. The molecule has 0 unspecified atom stereocenters. The zero-order chi connectivity index (χ0) is 34.2. The number of furan rings is 1. The van der Waals surface area contributed by atoms with Gasteiger partial charge in [0.15, 0.2) is 0 Å². The molecule has 0 amide bonds. The van der Waals surface area contributed by atoms with Crippen molar-refractivity contribution >= 4 is 56.6 Å². The van der Waals surface area contributed by atoms with Crippen molar-refractivity contribution in [1.82, 2.24) is 0 Å². The molecule has 3 nitrogen and oxygen atoms in total. The van der Waals surface area contributed by atoms with Gasteiger partial charge >= 0.3 is 6.92 Å². The van der Waals surface area contributed by atoms with Crippen LogP contribution in [0.1, 0.15) is 0 Å². The number of nitrogens with zero attached hydrogens (tertiary/aromatic N) is 1. The Kier molecular flexibility index (Phi) is 6.35. The van der Waals surface area contributed by atoms with E-state index in [1.807, 2.05) is 6.26 Å². The van der Waals surface area contributed by atoms with Gasteiger partial charge in [0, 0.05) is 33.3 Å². The Morgan fingerprint density at radius 1 is 0.442 bits per heavy atom. The standard InChI is InChI=1S/C48H30BNO2/c1-4-12-31(13-5-1)35-21-23-44-41(29-35)42-30-45-40(24-25-51-45)48-47(42)49(52-44)46-39-19-11-10-18-34(39)20-22-43(46)50(48)38-27-36(32-14-6-2-7-15-32)26-37(28-38)33-16-8-3-9-17-33/h1-30H. The van der Waals surface area contributed by atoms with E-state index in [0.717, 1.165) is 67.1 Å². The smallest absolute Gasteiger partial charge is 0.432 e. The van der Waals surface area contributed by atoms with Crippen LogP contribution in [0, 0.1) is 0 Å². The molecule has 0 radical (unpaired) electrons. The van der Waals surface area contributed by atoms with Crippen LogP contribution in [0.25, 0.3) is 66.2 Å². The second kappa shape index (κ2) is 11.4. The van der Waals surface area contributed by atoms with Crippen LogP contribution in [-0.2, 0) is 0 Å². The summed E-state index contributed by atoms with van der Waals surface area (Å²) >= 11 is 0. The summed E-state index contributed by atoms with van der Waals surface area (Å²) in [4.78, 5) is 2.46. The quantitative estimate of drug-likeness (QED) is 0.175. The zero-order valence-electron chi connectivity index (χ0n) is 28.2. The lowest BCUT2D eigenvalue weighted by Gasteiger charge is -2.40. The number of hydrogen-bond donors (Lipinski definition) is 0. The lowest BCUT2D eigenvalue weighted by atomic mass is 9.48. The first-order chi connectivity index (χ1) is 25.8. The molecule has 0 saturated carbocycles. The Hall–Kier alpha value is -6.78. The summed E-state index contributed by atoms with van der Waals surface area (Å²) in [5.41, 5.74) is 15.6. The van der Waals surface area contributed by atoms with Gasteiger partial charge in [-0.15, -0.1) is 0 Å². The predicted molar refractivity (Wildman–Crippen MR) is 216 cm³/mol. The molecule has 3 heterocycles. The second-order valence-corrected chi connectivity index (χ2v) is 13.6. The molecule has 0 atom stereocenters. The first-order valence-corrected chi connectivity index (χ1v) is 17.8. The largest absolute Gasteiger partial charge is 0.551 e. The summed E-state index contributed by atoms with van der Waals surface area (Å²) in [5, 5.41) is 3.43. The lowest BCUT2D eigenvalue weighted by Crippen LogP contribution is -2.56. The lowest BCUT2D eigenvalue weighted by molar-refractivity contribution is 0.590. The van der Waals surface area contributed by atoms with E-state index < -0.39 is 0 Å². The van der Waals surface area contributed by atoms with Crippen molar-refractivity contribution in [3.05, 3.63) is 182 Å². The van der Waals surface area contributed by atoms with Crippen LogP contribution in [0.4, 0.5) is 17.1 Å². The van der Waals surface area contributed by atoms with Crippen LogP contribution >= 0.6 is 0 Å². The molecule has 4 heteroatoms. The van der Waals surface area contributed by atoms with E-state index >= 15 is 0 Å². The van der Waals surface area contributed by atoms with Crippen molar-refractivity contribution in [3.63, 3.8) is 0 Å². The van der Waals surface area contributed by atoms with E-state index in [9.17, 15) is 0 Å². The average molecular weight is 664 g/mol. The van der Waals surface area contributed by atoms with Crippen LogP contribution in [-0.4, -0.2) is 6.92 Å². The number of benzene rings is 8. The van der Waals surface area contributed by atoms with E-state index in [-0.39, 0.29) is 6.92 Å². The van der Waals surface area contributed by atoms with Crippen LogP contribution in [0.5, 0.6) is 5.75 Å². The van der Waals surface area contributed by atoms with Gasteiger partial charge in [0.25, 0.3) is 0 Å². The monoisotopic (exact) mass is 663 g/mol. The van der Waals surface area contributed by atoms with Gasteiger partial charge in [0.05, 0.1) is 12.0 Å². The Bertz CT molecular complexity index is 2770. The Morgan fingerprint density at radius 2 is 1.10 bits per heavy atom. The maximum Gasteiger partial charge on any atom is 0.432 e. The molecule has 0 aliphatic carbocycles. The molecule has 1 aromatic heterocycles. The van der Waals surface area contributed by atoms with Gasteiger partial charge < -0.3 is 14.0 Å². The fraction of sp³-hybridized carbons (Fsp3) is 0. The second-order valence-electron chi connectivity index (χ2n) is 13.6. The summed E-state index contributed by atoms with van der Waals surface area (Å²) in [6.07, 6.45) is 1.81. The molecule has 2 aliphatic heterocycles. The van der Waals surface area contributed by atoms with Crippen molar-refractivity contribution in [2.24, 2.45) is 0 Å². The first kappa shape index (κ1) is 29.0. The Balaban J connectivity index is 1.25. The van der Waals surface area contributed by atoms with E-state index in [2.05, 4.69) is 181 Å². The molecule has 0 N–H and O–H groups in total. The van der Waals surface area contributed by atoms with Crippen molar-refractivity contribution in [3.8, 4) is 50.3 Å². The fourth-order valence-corrected chi connectivity index (χ4v) is 8.36. The van der Waals surface area contributed by atoms with Gasteiger partial charge in [0.2, 0.25) is 0 Å². The van der Waals surface area contributed by atoms with Gasteiger partial charge in [-0.05, 0) is 98.2 Å². The third-order valence-corrected chi connectivity index (χ3v) is 10.7. The number of fused-ring (bicyclic) bond motifs is 8. The molecule has 11 rings (SSSR count). The molecule has 2 aliphatic rings. The molecule has 8 aromatic carbocycles. The fourth-order valence-electron chi connectivity index (χ4n) is 8.36. The molecule has 0 fully saturated rings. The Labute approximate surface area is 302 Å². The third-order valence-electron chi connectivity index (χ3n) is 10.7. The summed E-state index contributed by atoms with van der Waals surface area (Å²) in [6, 6.07) is 63.0. The normalized spacial score (nSPS) is 12.7. The Morgan fingerprint density at radius 3 is 1.81 bits per heavy atom. The van der Waals surface area contributed by atoms with E-state index in [0.29, 0.717) is 0 Å². The SMILES string of the molecule is c1ccc(-c2cc(-c3ccccc3)cc(N3c4ccc5ccccc5c4B4Oc5ccc(-c6ccccc6)cc5-c5cc6occc6c3c54)c2)cc1. The molecule has 52 heavy (non-hydrogen) atoms. The van der Waals surface area contributed by atoms with Crippen LogP contribution in [0.2, 0.25) is 0 Å². The van der Waals surface area contributed by atoms with Gasteiger partial charge in [0.1, 0.15) is 11.3 Å². The molecule has 242 valence electrons. The van der Waals surface area contributed by atoms with E-state index in [1.54, 1.807) is 0 Å². The minimum absolute atomic E-state index is 0.317. The minimum Gasteiger partial charge on any atom is -0.551 e. The van der Waals surface area contributed by atoms with Gasteiger partial charge in [-0.25, -0.2) is 0 Å². The van der Waals surface area contributed by atoms with Crippen molar-refractivity contribution < 1.29 is 9.07 Å². The average Bonchev–Trinajstić information content (AvgIpc) is 3.70. The van der Waals surface area contributed by atoms with Gasteiger partial charge in [-0.2, -0.15) is 0 Å². The molecular formula is C48H30BNO2. The summed E-state index contributed by atoms with van der Waals surface area (Å²) in [6.45, 7) is -0.317. The molecule has 0 spiro atoms. The maximum absolute atomic E-state index is 7.20. The number of rotatable bonds is 4. The van der Waals surface area contributed by atoms with Crippen molar-refractivity contribution in [1.29, 1.82) is 0 Å². The summed E-state index contributed by atoms with van der Waals surface area (Å²) < 4.78 is 13.5. The van der Waals surface area contributed by atoms with Crippen molar-refractivity contribution in [2.75, 3.05) is 4.90 Å². The van der Waals surface area contributed by atoms with Gasteiger partial charge in [-0.3, -0.25) is 0 Å². The van der Waals surface area contributed by atoms with Crippen LogP contribution < -0.4 is 20.5 Å². The topological polar surface area (TPSA) is 25.6 Å². The minimum atomic E-state index is -0.317. The zero-order valence-corrected chi connectivity index (χ0v) is 28.2. The van der Waals surface area contributed by atoms with Gasteiger partial charge in [-0.1, -0.05) is 127 Å². The van der Waals surface area contributed by atoms with E-state index in [4.69, 9.17) is 9.07 Å². The predicted octanol–water partition coefficient (Wildman–Crippen LogP) is 11.5. The molecule has 0 bridgehead atoms. The van der Waals surface area contributed by atoms with Crippen molar-refractivity contribution in [2.45, 2.75) is 0 Å². The summed E-state index contributed by atoms with van der Waals surface area (Å²) in [7, 11) is 0. The highest BCUT2D eigenvalue weighted by Crippen LogP contribution is 2.49. The molecular weight excluding hydrogens is 633 g/mol. The van der Waals surface area contributed by atoms with E-state index in [1.165, 1.54) is 32.9 Å². The molecule has 9 aromatic rings. The number of hydrogen-bond acceptors (Lipinski definition) is 3. The first-order valence-electron chi connectivity index (χ1n) is 17.8. The third kappa shape index (κ3) is 4.41.